The lowest BCUT2D eigenvalue weighted by Crippen LogP contribution is -2.37. The highest BCUT2D eigenvalue weighted by Gasteiger charge is 2.31. The molecule has 0 radical (unpaired) electrons. The van der Waals surface area contributed by atoms with Gasteiger partial charge in [-0.2, -0.15) is 5.10 Å². The molecule has 2 N–H and O–H groups in total. The first-order valence-corrected chi connectivity index (χ1v) is 6.36. The Morgan fingerprint density at radius 3 is 3.00 bits per heavy atom. The molecule has 76 valence electrons. The molecule has 0 bridgehead atoms. The minimum Gasteiger partial charge on any atom is -0.323 e. The van der Waals surface area contributed by atoms with E-state index in [1.54, 1.807) is 6.07 Å². The molecule has 0 saturated carbocycles. The lowest BCUT2D eigenvalue weighted by Gasteiger charge is -2.24. The standard InChI is InChI=1S/C7H9N3O2S2/c1-10-6-2-3-13-7(6)5(9-8)4-14(10,11)12/h2-3H,4,8H2,1H3. The maximum Gasteiger partial charge on any atom is 0.240 e. The van der Waals surface area contributed by atoms with Gasteiger partial charge in [-0.1, -0.05) is 0 Å². The molecule has 7 heteroatoms. The zero-order chi connectivity index (χ0) is 10.3. The van der Waals surface area contributed by atoms with Crippen molar-refractivity contribution in [2.24, 2.45) is 10.9 Å². The van der Waals surface area contributed by atoms with Gasteiger partial charge in [-0.25, -0.2) is 8.42 Å². The quantitative estimate of drug-likeness (QED) is 0.511. The van der Waals surface area contributed by atoms with Crippen molar-refractivity contribution >= 4 is 32.8 Å². The summed E-state index contributed by atoms with van der Waals surface area (Å²) in [4.78, 5) is 0.838. The van der Waals surface area contributed by atoms with E-state index in [4.69, 9.17) is 5.84 Å². The minimum atomic E-state index is -3.28. The third-order valence-corrected chi connectivity index (χ3v) is 4.76. The van der Waals surface area contributed by atoms with Crippen molar-refractivity contribution in [2.75, 3.05) is 17.1 Å². The van der Waals surface area contributed by atoms with Crippen LogP contribution in [-0.2, 0) is 10.0 Å². The summed E-state index contributed by atoms with van der Waals surface area (Å²) in [6, 6.07) is 1.75. The van der Waals surface area contributed by atoms with Crippen LogP contribution in [0.3, 0.4) is 0 Å². The molecule has 1 aromatic rings. The second kappa shape index (κ2) is 2.96. The van der Waals surface area contributed by atoms with Gasteiger partial charge in [-0.05, 0) is 11.4 Å². The van der Waals surface area contributed by atoms with E-state index in [2.05, 4.69) is 5.10 Å². The number of rotatable bonds is 0. The summed E-state index contributed by atoms with van der Waals surface area (Å²) < 4.78 is 24.5. The Balaban J connectivity index is 2.67. The summed E-state index contributed by atoms with van der Waals surface area (Å²) in [5.74, 6) is 5.04. The maximum atomic E-state index is 11.6. The lowest BCUT2D eigenvalue weighted by atomic mass is 10.3. The molecular weight excluding hydrogens is 222 g/mol. The van der Waals surface area contributed by atoms with Gasteiger partial charge >= 0.3 is 0 Å². The van der Waals surface area contributed by atoms with Crippen LogP contribution in [0.15, 0.2) is 16.5 Å². The highest BCUT2D eigenvalue weighted by atomic mass is 32.2. The van der Waals surface area contributed by atoms with Gasteiger partial charge in [-0.15, -0.1) is 11.3 Å². The van der Waals surface area contributed by atoms with Gasteiger partial charge in [0.15, 0.2) is 0 Å². The third-order valence-electron chi connectivity index (χ3n) is 2.14. The molecule has 1 aromatic heterocycles. The number of hydrazone groups is 1. The van der Waals surface area contributed by atoms with E-state index in [-0.39, 0.29) is 5.75 Å². The van der Waals surface area contributed by atoms with Gasteiger partial charge < -0.3 is 5.84 Å². The van der Waals surface area contributed by atoms with Gasteiger partial charge in [0.1, 0.15) is 5.75 Å². The van der Waals surface area contributed by atoms with Gasteiger partial charge in [0.05, 0.1) is 16.3 Å². The van der Waals surface area contributed by atoms with Crippen LogP contribution >= 0.6 is 11.3 Å². The second-order valence-corrected chi connectivity index (χ2v) is 5.85. The number of fused-ring (bicyclic) bond motifs is 1. The SMILES string of the molecule is CN1c2ccsc2C(=NN)CS1(=O)=O. The van der Waals surface area contributed by atoms with E-state index < -0.39 is 10.0 Å². The number of nitrogens with zero attached hydrogens (tertiary/aromatic N) is 2. The van der Waals surface area contributed by atoms with Gasteiger partial charge in [0.25, 0.3) is 0 Å². The average Bonchev–Trinajstić information content (AvgIpc) is 2.60. The number of sulfonamides is 1. The molecule has 1 aliphatic heterocycles. The van der Waals surface area contributed by atoms with E-state index in [0.29, 0.717) is 11.4 Å². The Hall–Kier alpha value is -1.08. The van der Waals surface area contributed by atoms with E-state index in [1.165, 1.54) is 22.7 Å². The maximum absolute atomic E-state index is 11.6. The van der Waals surface area contributed by atoms with Crippen molar-refractivity contribution in [1.29, 1.82) is 0 Å². The minimum absolute atomic E-state index is 0.118. The predicted molar refractivity (Wildman–Crippen MR) is 57.2 cm³/mol. The van der Waals surface area contributed by atoms with Crippen LogP contribution in [0, 0.1) is 0 Å². The van der Waals surface area contributed by atoms with Crippen LogP contribution < -0.4 is 10.1 Å². The van der Waals surface area contributed by atoms with Crippen molar-refractivity contribution in [3.05, 3.63) is 16.3 Å². The zero-order valence-electron chi connectivity index (χ0n) is 7.47. The summed E-state index contributed by atoms with van der Waals surface area (Å²) >= 11 is 1.45. The molecule has 2 rings (SSSR count). The summed E-state index contributed by atoms with van der Waals surface area (Å²) in [5, 5.41) is 5.34. The summed E-state index contributed by atoms with van der Waals surface area (Å²) in [7, 11) is -1.74. The highest BCUT2D eigenvalue weighted by Crippen LogP contribution is 2.32. The predicted octanol–water partition coefficient (Wildman–Crippen LogP) is 0.191. The lowest BCUT2D eigenvalue weighted by molar-refractivity contribution is 0.597. The first kappa shape index (κ1) is 9.47. The Kier molecular flexibility index (Phi) is 2.00. The third kappa shape index (κ3) is 1.20. The number of anilines is 1. The molecule has 0 atom stereocenters. The molecule has 0 aromatic carbocycles. The molecule has 0 fully saturated rings. The van der Waals surface area contributed by atoms with Crippen molar-refractivity contribution < 1.29 is 8.42 Å². The Morgan fingerprint density at radius 1 is 1.64 bits per heavy atom. The molecule has 2 heterocycles. The molecule has 0 spiro atoms. The fourth-order valence-corrected chi connectivity index (χ4v) is 3.63. The summed E-state index contributed by atoms with van der Waals surface area (Å²) in [6.45, 7) is 0. The smallest absolute Gasteiger partial charge is 0.240 e. The van der Waals surface area contributed by atoms with Crippen molar-refractivity contribution in [1.82, 2.24) is 0 Å². The largest absolute Gasteiger partial charge is 0.323 e. The second-order valence-electron chi connectivity index (χ2n) is 2.93. The number of thiophene rings is 1. The first-order chi connectivity index (χ1) is 6.56. The molecule has 0 unspecified atom stereocenters. The normalized spacial score (nSPS) is 22.4. The summed E-state index contributed by atoms with van der Waals surface area (Å²) in [5.41, 5.74) is 1.10. The van der Waals surface area contributed by atoms with Gasteiger partial charge in [-0.3, -0.25) is 4.31 Å². The van der Waals surface area contributed by atoms with Crippen LogP contribution in [0.4, 0.5) is 5.69 Å². The van der Waals surface area contributed by atoms with Crippen molar-refractivity contribution in [2.45, 2.75) is 0 Å². The molecule has 1 aliphatic rings. The van der Waals surface area contributed by atoms with Crippen LogP contribution in [0.25, 0.3) is 0 Å². The van der Waals surface area contributed by atoms with E-state index in [1.807, 2.05) is 5.38 Å². The fourth-order valence-electron chi connectivity index (χ4n) is 1.35. The van der Waals surface area contributed by atoms with Crippen LogP contribution in [-0.4, -0.2) is 26.9 Å². The molecule has 5 nitrogen and oxygen atoms in total. The molecule has 0 amide bonds. The van der Waals surface area contributed by atoms with E-state index >= 15 is 0 Å². The van der Waals surface area contributed by atoms with Crippen LogP contribution in [0.1, 0.15) is 4.88 Å². The molecule has 0 saturated heterocycles. The molecular formula is C7H9N3O2S2. The summed E-state index contributed by atoms with van der Waals surface area (Å²) in [6.07, 6.45) is 0. The number of hydrogen-bond acceptors (Lipinski definition) is 5. The monoisotopic (exact) mass is 231 g/mol. The Morgan fingerprint density at radius 2 is 2.36 bits per heavy atom. The van der Waals surface area contributed by atoms with Crippen LogP contribution in [0.5, 0.6) is 0 Å². The van der Waals surface area contributed by atoms with Gasteiger partial charge in [0.2, 0.25) is 10.0 Å². The van der Waals surface area contributed by atoms with E-state index in [0.717, 1.165) is 4.88 Å². The molecule has 0 aliphatic carbocycles. The Labute approximate surface area is 85.9 Å². The number of hydrogen-bond donors (Lipinski definition) is 1. The highest BCUT2D eigenvalue weighted by molar-refractivity contribution is 7.93. The van der Waals surface area contributed by atoms with E-state index in [9.17, 15) is 8.42 Å². The van der Waals surface area contributed by atoms with Crippen LogP contribution in [0.2, 0.25) is 0 Å². The zero-order valence-corrected chi connectivity index (χ0v) is 9.10. The fraction of sp³-hybridized carbons (Fsp3) is 0.286. The van der Waals surface area contributed by atoms with Gasteiger partial charge in [0, 0.05) is 7.05 Å². The Bertz CT molecular complexity index is 489. The van der Waals surface area contributed by atoms with Crippen molar-refractivity contribution in [3.8, 4) is 0 Å². The average molecular weight is 231 g/mol. The first-order valence-electron chi connectivity index (χ1n) is 3.87. The molecule has 14 heavy (non-hydrogen) atoms. The topological polar surface area (TPSA) is 75.8 Å². The van der Waals surface area contributed by atoms with Crippen molar-refractivity contribution in [3.63, 3.8) is 0 Å². The number of nitrogens with two attached hydrogens (primary N) is 1.